The van der Waals surface area contributed by atoms with Crippen LogP contribution in [-0.4, -0.2) is 40.0 Å². The molecule has 4 aromatic rings. The first-order valence-corrected chi connectivity index (χ1v) is 14.9. The van der Waals surface area contributed by atoms with Gasteiger partial charge in [-0.3, -0.25) is 4.79 Å². The Kier molecular flexibility index (Phi) is 8.91. The fourth-order valence-corrected chi connectivity index (χ4v) is 6.23. The highest BCUT2D eigenvalue weighted by atomic mass is 32.2. The second-order valence-electron chi connectivity index (χ2n) is 9.91. The molecule has 0 bridgehead atoms. The number of amides is 1. The van der Waals surface area contributed by atoms with Gasteiger partial charge in [0.15, 0.2) is 0 Å². The van der Waals surface area contributed by atoms with E-state index in [0.29, 0.717) is 37.6 Å². The molecule has 4 aromatic carbocycles. The minimum Gasteiger partial charge on any atom is -0.457 e. The van der Waals surface area contributed by atoms with E-state index in [0.717, 1.165) is 11.1 Å². The molecule has 1 saturated heterocycles. The average Bonchev–Trinajstić information content (AvgIpc) is 2.99. The van der Waals surface area contributed by atoms with E-state index in [2.05, 4.69) is 39.6 Å². The minimum absolute atomic E-state index is 0.0195. The molecule has 0 aliphatic carbocycles. The standard InChI is InChI=1S/C32H33N3O4S/c36-32(34-23-31(24-10-4-1-5-11-24)25-12-6-2-7-13-25)26-20-27(22-33-21-26)35-40(37,38)30-18-16-29(17-19-30)39-28-14-8-3-9-15-28/h1-19,26-27,31,33,35H,20-23H2,(H,34,36)/t26-,27-/m0/s1. The van der Waals surface area contributed by atoms with Crippen molar-refractivity contribution in [2.75, 3.05) is 19.6 Å². The predicted octanol–water partition coefficient (Wildman–Crippen LogP) is 4.68. The van der Waals surface area contributed by atoms with Crippen LogP contribution < -0.4 is 20.1 Å². The predicted molar refractivity (Wildman–Crippen MR) is 156 cm³/mol. The lowest BCUT2D eigenvalue weighted by atomic mass is 9.90. The zero-order valence-electron chi connectivity index (χ0n) is 22.1. The van der Waals surface area contributed by atoms with E-state index in [1.54, 1.807) is 12.1 Å². The van der Waals surface area contributed by atoms with Crippen LogP contribution in [-0.2, 0) is 14.8 Å². The second-order valence-corrected chi connectivity index (χ2v) is 11.6. The third-order valence-corrected chi connectivity index (χ3v) is 8.58. The number of ether oxygens (including phenoxy) is 1. The Balaban J connectivity index is 1.18. The summed E-state index contributed by atoms with van der Waals surface area (Å²) in [5.74, 6) is 0.801. The van der Waals surface area contributed by atoms with Crippen molar-refractivity contribution in [1.29, 1.82) is 0 Å². The average molecular weight is 556 g/mol. The summed E-state index contributed by atoms with van der Waals surface area (Å²) in [6.45, 7) is 1.41. The second kappa shape index (κ2) is 12.9. The number of carbonyl (C=O) groups is 1. The Hall–Kier alpha value is -3.98. The van der Waals surface area contributed by atoms with Gasteiger partial charge in [-0.2, -0.15) is 0 Å². The van der Waals surface area contributed by atoms with Crippen molar-refractivity contribution in [3.8, 4) is 11.5 Å². The molecule has 40 heavy (non-hydrogen) atoms. The zero-order valence-corrected chi connectivity index (χ0v) is 22.9. The third-order valence-electron chi connectivity index (χ3n) is 7.04. The van der Waals surface area contributed by atoms with Gasteiger partial charge in [0, 0.05) is 31.6 Å². The number of para-hydroxylation sites is 1. The highest BCUT2D eigenvalue weighted by Crippen LogP contribution is 2.25. The number of piperidine rings is 1. The Labute approximate surface area is 235 Å². The summed E-state index contributed by atoms with van der Waals surface area (Å²) in [7, 11) is -3.77. The van der Waals surface area contributed by atoms with E-state index in [4.69, 9.17) is 4.74 Å². The Morgan fingerprint density at radius 2 is 1.32 bits per heavy atom. The number of carbonyl (C=O) groups excluding carboxylic acids is 1. The normalized spacial score (nSPS) is 17.3. The van der Waals surface area contributed by atoms with E-state index in [1.165, 1.54) is 12.1 Å². The smallest absolute Gasteiger partial charge is 0.240 e. The maximum Gasteiger partial charge on any atom is 0.240 e. The van der Waals surface area contributed by atoms with Crippen LogP contribution in [0.2, 0.25) is 0 Å². The molecule has 3 N–H and O–H groups in total. The third kappa shape index (κ3) is 7.15. The van der Waals surface area contributed by atoms with Gasteiger partial charge >= 0.3 is 0 Å². The minimum atomic E-state index is -3.77. The largest absolute Gasteiger partial charge is 0.457 e. The van der Waals surface area contributed by atoms with Crippen LogP contribution in [0.5, 0.6) is 11.5 Å². The van der Waals surface area contributed by atoms with Gasteiger partial charge in [0.05, 0.1) is 10.8 Å². The molecule has 2 atom stereocenters. The molecule has 5 rings (SSSR count). The van der Waals surface area contributed by atoms with Crippen LogP contribution >= 0.6 is 0 Å². The van der Waals surface area contributed by atoms with Crippen molar-refractivity contribution in [3.05, 3.63) is 126 Å². The van der Waals surface area contributed by atoms with Gasteiger partial charge in [-0.05, 0) is 53.9 Å². The van der Waals surface area contributed by atoms with Crippen molar-refractivity contribution in [2.45, 2.75) is 23.3 Å². The quantitative estimate of drug-likeness (QED) is 0.264. The van der Waals surface area contributed by atoms with E-state index >= 15 is 0 Å². The highest BCUT2D eigenvalue weighted by molar-refractivity contribution is 7.89. The first kappa shape index (κ1) is 27.6. The molecule has 206 valence electrons. The molecule has 1 aliphatic heterocycles. The molecule has 0 saturated carbocycles. The summed E-state index contributed by atoms with van der Waals surface area (Å²) in [6.07, 6.45) is 0.411. The Morgan fingerprint density at radius 3 is 1.93 bits per heavy atom. The molecule has 1 aliphatic rings. The molecule has 8 heteroatoms. The van der Waals surface area contributed by atoms with Crippen molar-refractivity contribution in [3.63, 3.8) is 0 Å². The molecule has 0 spiro atoms. The van der Waals surface area contributed by atoms with E-state index in [1.807, 2.05) is 66.7 Å². The van der Waals surface area contributed by atoms with Gasteiger partial charge in [-0.25, -0.2) is 13.1 Å². The maximum absolute atomic E-state index is 13.2. The van der Waals surface area contributed by atoms with Gasteiger partial charge in [0.2, 0.25) is 15.9 Å². The van der Waals surface area contributed by atoms with Crippen LogP contribution in [0.15, 0.2) is 120 Å². The molecule has 7 nitrogen and oxygen atoms in total. The summed E-state index contributed by atoms with van der Waals surface area (Å²) in [5.41, 5.74) is 2.25. The first-order valence-electron chi connectivity index (χ1n) is 13.4. The molecular weight excluding hydrogens is 522 g/mol. The van der Waals surface area contributed by atoms with Crippen LogP contribution in [0.25, 0.3) is 0 Å². The van der Waals surface area contributed by atoms with Crippen LogP contribution in [0, 0.1) is 5.92 Å². The van der Waals surface area contributed by atoms with Gasteiger partial charge in [0.1, 0.15) is 11.5 Å². The molecule has 0 unspecified atom stereocenters. The van der Waals surface area contributed by atoms with E-state index in [-0.39, 0.29) is 22.6 Å². The Morgan fingerprint density at radius 1 is 0.775 bits per heavy atom. The number of hydrogen-bond acceptors (Lipinski definition) is 5. The lowest BCUT2D eigenvalue weighted by molar-refractivity contribution is -0.125. The monoisotopic (exact) mass is 555 g/mol. The maximum atomic E-state index is 13.2. The van der Waals surface area contributed by atoms with Gasteiger partial charge in [-0.1, -0.05) is 78.9 Å². The SMILES string of the molecule is O=C(NCC(c1ccccc1)c1ccccc1)[C@@H]1CNC[C@@H](NS(=O)(=O)c2ccc(Oc3ccccc3)cc2)C1. The molecule has 0 aromatic heterocycles. The lowest BCUT2D eigenvalue weighted by Gasteiger charge is -2.30. The number of hydrogen-bond donors (Lipinski definition) is 3. The number of nitrogens with one attached hydrogen (secondary N) is 3. The number of benzene rings is 4. The van der Waals surface area contributed by atoms with Crippen molar-refractivity contribution in [1.82, 2.24) is 15.4 Å². The topological polar surface area (TPSA) is 96.5 Å². The summed E-state index contributed by atoms with van der Waals surface area (Å²) in [5, 5.41) is 6.34. The van der Waals surface area contributed by atoms with E-state index in [9.17, 15) is 13.2 Å². The summed E-state index contributed by atoms with van der Waals surface area (Å²) >= 11 is 0. The highest BCUT2D eigenvalue weighted by Gasteiger charge is 2.30. The van der Waals surface area contributed by atoms with Crippen LogP contribution in [0.3, 0.4) is 0 Å². The molecule has 1 fully saturated rings. The first-order chi connectivity index (χ1) is 19.5. The lowest BCUT2D eigenvalue weighted by Crippen LogP contribution is -2.52. The number of rotatable bonds is 10. The molecule has 1 amide bonds. The van der Waals surface area contributed by atoms with Gasteiger partial charge < -0.3 is 15.4 Å². The van der Waals surface area contributed by atoms with Crippen molar-refractivity contribution in [2.24, 2.45) is 5.92 Å². The summed E-state index contributed by atoms with van der Waals surface area (Å²) < 4.78 is 34.7. The van der Waals surface area contributed by atoms with Crippen molar-refractivity contribution < 1.29 is 17.9 Å². The fraction of sp³-hybridized carbons (Fsp3) is 0.219. The molecule has 1 heterocycles. The summed E-state index contributed by atoms with van der Waals surface area (Å²) in [6, 6.07) is 35.4. The Bertz CT molecular complexity index is 1440. The summed E-state index contributed by atoms with van der Waals surface area (Å²) in [4.78, 5) is 13.3. The molecular formula is C32H33N3O4S. The van der Waals surface area contributed by atoms with Gasteiger partial charge in [0.25, 0.3) is 0 Å². The molecule has 0 radical (unpaired) electrons. The zero-order chi connectivity index (χ0) is 27.8. The number of sulfonamides is 1. The fourth-order valence-electron chi connectivity index (χ4n) is 4.98. The van der Waals surface area contributed by atoms with Crippen molar-refractivity contribution >= 4 is 15.9 Å². The van der Waals surface area contributed by atoms with E-state index < -0.39 is 16.1 Å². The van der Waals surface area contributed by atoms with Crippen LogP contribution in [0.1, 0.15) is 23.5 Å². The van der Waals surface area contributed by atoms with Crippen LogP contribution in [0.4, 0.5) is 0 Å². The van der Waals surface area contributed by atoms with Gasteiger partial charge in [-0.15, -0.1) is 0 Å².